The predicted molar refractivity (Wildman–Crippen MR) is 83.6 cm³/mol. The molecular formula is C17H19F3N2O2. The maximum atomic E-state index is 12.6. The number of alkyl halides is 3. The molecule has 0 radical (unpaired) electrons. The number of allylic oxidation sites excluding steroid dienone is 1. The van der Waals surface area contributed by atoms with E-state index in [4.69, 9.17) is 5.73 Å². The summed E-state index contributed by atoms with van der Waals surface area (Å²) >= 11 is 0. The number of carbonyl (C=O) groups excluding carboxylic acids is 2. The van der Waals surface area contributed by atoms with E-state index >= 15 is 0 Å². The molecule has 2 rings (SSSR count). The molecule has 2 N–H and O–H groups in total. The summed E-state index contributed by atoms with van der Waals surface area (Å²) in [6, 6.07) is 4.69. The number of hydrogen-bond donors (Lipinski definition) is 1. The summed E-state index contributed by atoms with van der Waals surface area (Å²) in [5.74, 6) is -0.761. The van der Waals surface area contributed by atoms with Crippen LogP contribution in [0.4, 0.5) is 13.2 Å². The van der Waals surface area contributed by atoms with E-state index in [2.05, 4.69) is 0 Å². The molecule has 1 heterocycles. The average molecular weight is 340 g/mol. The third-order valence-electron chi connectivity index (χ3n) is 4.22. The molecule has 0 atom stereocenters. The number of nitrogens with two attached hydrogens (primary N) is 1. The SMILES string of the molecule is C/C(=C\C(=O)N1CCC(C(N)=O)CC1)c1ccc(C(F)(F)F)cc1. The fraction of sp³-hybridized carbons (Fsp3) is 0.412. The Bertz CT molecular complexity index is 643. The number of nitrogens with zero attached hydrogens (tertiary/aromatic N) is 1. The maximum absolute atomic E-state index is 12.6. The zero-order valence-electron chi connectivity index (χ0n) is 13.3. The maximum Gasteiger partial charge on any atom is 0.416 e. The minimum atomic E-state index is -4.38. The number of hydrogen-bond acceptors (Lipinski definition) is 2. The molecule has 0 spiro atoms. The molecule has 0 aromatic heterocycles. The van der Waals surface area contributed by atoms with E-state index in [1.54, 1.807) is 11.8 Å². The zero-order chi connectivity index (χ0) is 17.9. The van der Waals surface area contributed by atoms with Crippen molar-refractivity contribution in [1.82, 2.24) is 4.90 Å². The highest BCUT2D eigenvalue weighted by molar-refractivity contribution is 5.95. The van der Waals surface area contributed by atoms with E-state index in [0.717, 1.165) is 12.1 Å². The second kappa shape index (κ2) is 7.07. The second-order valence-electron chi connectivity index (χ2n) is 5.90. The van der Waals surface area contributed by atoms with Gasteiger partial charge in [0.25, 0.3) is 0 Å². The monoisotopic (exact) mass is 340 g/mol. The number of amides is 2. The van der Waals surface area contributed by atoms with Crippen molar-refractivity contribution in [2.24, 2.45) is 11.7 Å². The van der Waals surface area contributed by atoms with Crippen LogP contribution in [0.25, 0.3) is 5.57 Å². The Morgan fingerprint density at radius 2 is 1.71 bits per heavy atom. The quantitative estimate of drug-likeness (QED) is 0.860. The third-order valence-corrected chi connectivity index (χ3v) is 4.22. The van der Waals surface area contributed by atoms with Crippen LogP contribution in [0.1, 0.15) is 30.9 Å². The van der Waals surface area contributed by atoms with Gasteiger partial charge in [0.05, 0.1) is 5.56 Å². The van der Waals surface area contributed by atoms with Crippen molar-refractivity contribution >= 4 is 17.4 Å². The number of rotatable bonds is 3. The third kappa shape index (κ3) is 4.37. The molecule has 0 aliphatic carbocycles. The van der Waals surface area contributed by atoms with Gasteiger partial charge in [0, 0.05) is 25.1 Å². The van der Waals surface area contributed by atoms with Crippen molar-refractivity contribution in [3.8, 4) is 0 Å². The van der Waals surface area contributed by atoms with Crippen LogP contribution in [0.5, 0.6) is 0 Å². The first-order chi connectivity index (χ1) is 11.2. The molecule has 1 fully saturated rings. The number of primary amides is 1. The van der Waals surface area contributed by atoms with Crippen LogP contribution < -0.4 is 5.73 Å². The molecule has 1 aliphatic rings. The van der Waals surface area contributed by atoms with E-state index in [1.807, 2.05) is 0 Å². The molecule has 7 heteroatoms. The summed E-state index contributed by atoms with van der Waals surface area (Å²) < 4.78 is 37.7. The minimum absolute atomic E-state index is 0.200. The second-order valence-corrected chi connectivity index (χ2v) is 5.90. The van der Waals surface area contributed by atoms with Crippen LogP contribution in [-0.2, 0) is 15.8 Å². The summed E-state index contributed by atoms with van der Waals surface area (Å²) in [6.07, 6.45) is -1.90. The van der Waals surface area contributed by atoms with Gasteiger partial charge in [0.2, 0.25) is 11.8 Å². The smallest absolute Gasteiger partial charge is 0.369 e. The molecule has 4 nitrogen and oxygen atoms in total. The van der Waals surface area contributed by atoms with Crippen molar-refractivity contribution < 1.29 is 22.8 Å². The van der Waals surface area contributed by atoms with Gasteiger partial charge >= 0.3 is 6.18 Å². The molecule has 1 saturated heterocycles. The highest BCUT2D eigenvalue weighted by atomic mass is 19.4. The van der Waals surface area contributed by atoms with E-state index in [1.165, 1.54) is 18.2 Å². The van der Waals surface area contributed by atoms with Crippen LogP contribution in [0.3, 0.4) is 0 Å². The van der Waals surface area contributed by atoms with Gasteiger partial charge in [-0.2, -0.15) is 13.2 Å². The van der Waals surface area contributed by atoms with Crippen LogP contribution in [0.2, 0.25) is 0 Å². The van der Waals surface area contributed by atoms with Gasteiger partial charge < -0.3 is 10.6 Å². The van der Waals surface area contributed by atoms with Crippen molar-refractivity contribution in [3.05, 3.63) is 41.5 Å². The molecule has 1 aliphatic heterocycles. The summed E-state index contributed by atoms with van der Waals surface area (Å²) in [4.78, 5) is 25.0. The van der Waals surface area contributed by atoms with Crippen LogP contribution in [0, 0.1) is 5.92 Å². The molecule has 130 valence electrons. The normalized spacial score (nSPS) is 17.0. The van der Waals surface area contributed by atoms with Crippen molar-refractivity contribution in [2.75, 3.05) is 13.1 Å². The first-order valence-electron chi connectivity index (χ1n) is 7.62. The van der Waals surface area contributed by atoms with Crippen molar-refractivity contribution in [3.63, 3.8) is 0 Å². The zero-order valence-corrected chi connectivity index (χ0v) is 13.3. The minimum Gasteiger partial charge on any atom is -0.369 e. The van der Waals surface area contributed by atoms with E-state index in [-0.39, 0.29) is 17.7 Å². The van der Waals surface area contributed by atoms with E-state index in [9.17, 15) is 22.8 Å². The van der Waals surface area contributed by atoms with Gasteiger partial charge in [-0.3, -0.25) is 9.59 Å². The molecule has 2 amide bonds. The molecule has 1 aromatic rings. The Hall–Kier alpha value is -2.31. The molecular weight excluding hydrogens is 321 g/mol. The Balaban J connectivity index is 2.02. The first kappa shape index (κ1) is 18.0. The van der Waals surface area contributed by atoms with Gasteiger partial charge in [0.1, 0.15) is 0 Å². The van der Waals surface area contributed by atoms with Gasteiger partial charge in [-0.25, -0.2) is 0 Å². The number of halogens is 3. The van der Waals surface area contributed by atoms with Gasteiger partial charge in [-0.15, -0.1) is 0 Å². The van der Waals surface area contributed by atoms with E-state index in [0.29, 0.717) is 37.1 Å². The Labute approximate surface area is 138 Å². The Morgan fingerprint density at radius 1 is 1.17 bits per heavy atom. The standard InChI is InChI=1S/C17H19F3N2O2/c1-11(12-2-4-14(5-3-12)17(18,19)20)10-15(23)22-8-6-13(7-9-22)16(21)24/h2-5,10,13H,6-9H2,1H3,(H2,21,24)/b11-10+. The highest BCUT2D eigenvalue weighted by Crippen LogP contribution is 2.30. The molecule has 0 saturated carbocycles. The number of piperidine rings is 1. The predicted octanol–water partition coefficient (Wildman–Crippen LogP) is 2.83. The molecule has 0 unspecified atom stereocenters. The summed E-state index contributed by atoms with van der Waals surface area (Å²) in [5, 5.41) is 0. The topological polar surface area (TPSA) is 63.4 Å². The fourth-order valence-electron chi connectivity index (χ4n) is 2.67. The van der Waals surface area contributed by atoms with Crippen molar-refractivity contribution in [2.45, 2.75) is 25.9 Å². The molecule has 1 aromatic carbocycles. The fourth-order valence-corrected chi connectivity index (χ4v) is 2.67. The lowest BCUT2D eigenvalue weighted by molar-refractivity contribution is -0.137. The first-order valence-corrected chi connectivity index (χ1v) is 7.62. The lowest BCUT2D eigenvalue weighted by atomic mass is 9.96. The van der Waals surface area contributed by atoms with Gasteiger partial charge in [0.15, 0.2) is 0 Å². The van der Waals surface area contributed by atoms with Crippen LogP contribution >= 0.6 is 0 Å². The number of carbonyl (C=O) groups is 2. The molecule has 24 heavy (non-hydrogen) atoms. The number of likely N-dealkylation sites (tertiary alicyclic amines) is 1. The van der Waals surface area contributed by atoms with Crippen LogP contribution in [0.15, 0.2) is 30.3 Å². The van der Waals surface area contributed by atoms with E-state index < -0.39 is 11.7 Å². The average Bonchev–Trinajstić information content (AvgIpc) is 2.54. The lowest BCUT2D eigenvalue weighted by Crippen LogP contribution is -2.41. The molecule has 0 bridgehead atoms. The highest BCUT2D eigenvalue weighted by Gasteiger charge is 2.30. The van der Waals surface area contributed by atoms with Gasteiger partial charge in [-0.05, 0) is 43.0 Å². The Kier molecular flexibility index (Phi) is 5.31. The van der Waals surface area contributed by atoms with Crippen molar-refractivity contribution in [1.29, 1.82) is 0 Å². The Morgan fingerprint density at radius 3 is 2.17 bits per heavy atom. The summed E-state index contributed by atoms with van der Waals surface area (Å²) in [6.45, 7) is 2.57. The largest absolute Gasteiger partial charge is 0.416 e. The van der Waals surface area contributed by atoms with Crippen LogP contribution in [-0.4, -0.2) is 29.8 Å². The summed E-state index contributed by atoms with van der Waals surface area (Å²) in [7, 11) is 0. The number of benzene rings is 1. The lowest BCUT2D eigenvalue weighted by Gasteiger charge is -2.29. The summed E-state index contributed by atoms with van der Waals surface area (Å²) in [5.41, 5.74) is 5.68. The van der Waals surface area contributed by atoms with Gasteiger partial charge in [-0.1, -0.05) is 12.1 Å².